The number of carbonyl (C=O) groups is 1. The summed E-state index contributed by atoms with van der Waals surface area (Å²) in [7, 11) is 0. The standard InChI is InChI=1S/C20H24N2OS/c1-16-7-6-10-19(17(16)2)21-11-13-22(14-12-21)20(23)15-24-18-8-4-3-5-9-18/h3-10H,11-15H2,1-2H3. The molecular weight excluding hydrogens is 316 g/mol. The lowest BCUT2D eigenvalue weighted by Gasteiger charge is -2.37. The number of anilines is 1. The summed E-state index contributed by atoms with van der Waals surface area (Å²) in [4.78, 5) is 18.0. The molecule has 2 aromatic rings. The molecule has 0 aromatic heterocycles. The summed E-state index contributed by atoms with van der Waals surface area (Å²) < 4.78 is 0. The SMILES string of the molecule is Cc1cccc(N2CCN(C(=O)CSc3ccccc3)CC2)c1C. The van der Waals surface area contributed by atoms with E-state index in [1.807, 2.05) is 23.1 Å². The minimum absolute atomic E-state index is 0.240. The second kappa shape index (κ2) is 7.75. The van der Waals surface area contributed by atoms with Gasteiger partial charge in [0.05, 0.1) is 5.75 Å². The maximum Gasteiger partial charge on any atom is 0.233 e. The Balaban J connectivity index is 1.53. The van der Waals surface area contributed by atoms with Crippen LogP contribution in [0.1, 0.15) is 11.1 Å². The Morgan fingerprint density at radius 3 is 2.38 bits per heavy atom. The Kier molecular flexibility index (Phi) is 5.46. The van der Waals surface area contributed by atoms with Crippen molar-refractivity contribution in [3.8, 4) is 0 Å². The summed E-state index contributed by atoms with van der Waals surface area (Å²) in [6.07, 6.45) is 0. The molecule has 2 aromatic carbocycles. The fraction of sp³-hybridized carbons (Fsp3) is 0.350. The Morgan fingerprint density at radius 2 is 1.67 bits per heavy atom. The molecule has 0 unspecified atom stereocenters. The molecule has 1 amide bonds. The molecule has 0 radical (unpaired) electrons. The van der Waals surface area contributed by atoms with E-state index < -0.39 is 0 Å². The zero-order valence-corrected chi connectivity index (χ0v) is 15.2. The summed E-state index contributed by atoms with van der Waals surface area (Å²) in [5.41, 5.74) is 3.97. The monoisotopic (exact) mass is 340 g/mol. The molecule has 24 heavy (non-hydrogen) atoms. The second-order valence-electron chi connectivity index (χ2n) is 6.19. The molecule has 0 bridgehead atoms. The van der Waals surface area contributed by atoms with Crippen LogP contribution in [0.3, 0.4) is 0 Å². The van der Waals surface area contributed by atoms with Gasteiger partial charge in [-0.3, -0.25) is 4.79 Å². The summed E-state index contributed by atoms with van der Waals surface area (Å²) in [6.45, 7) is 7.76. The molecule has 0 N–H and O–H groups in total. The van der Waals surface area contributed by atoms with E-state index in [2.05, 4.69) is 49.1 Å². The smallest absolute Gasteiger partial charge is 0.233 e. The molecule has 3 nitrogen and oxygen atoms in total. The number of rotatable bonds is 4. The van der Waals surface area contributed by atoms with Crippen molar-refractivity contribution in [2.24, 2.45) is 0 Å². The molecule has 1 heterocycles. The quantitative estimate of drug-likeness (QED) is 0.792. The van der Waals surface area contributed by atoms with Crippen molar-refractivity contribution in [1.82, 2.24) is 4.90 Å². The van der Waals surface area contributed by atoms with Gasteiger partial charge in [-0.05, 0) is 43.2 Å². The van der Waals surface area contributed by atoms with Crippen LogP contribution in [0.2, 0.25) is 0 Å². The van der Waals surface area contributed by atoms with Crippen LogP contribution < -0.4 is 4.90 Å². The third kappa shape index (κ3) is 3.93. The van der Waals surface area contributed by atoms with Crippen LogP contribution >= 0.6 is 11.8 Å². The van der Waals surface area contributed by atoms with Gasteiger partial charge in [0.15, 0.2) is 0 Å². The number of benzene rings is 2. The number of hydrogen-bond donors (Lipinski definition) is 0. The highest BCUT2D eigenvalue weighted by molar-refractivity contribution is 8.00. The van der Waals surface area contributed by atoms with Gasteiger partial charge in [-0.2, -0.15) is 0 Å². The Bertz CT molecular complexity index is 694. The van der Waals surface area contributed by atoms with Gasteiger partial charge in [0.2, 0.25) is 5.91 Å². The second-order valence-corrected chi connectivity index (χ2v) is 7.24. The fourth-order valence-electron chi connectivity index (χ4n) is 3.03. The molecule has 1 aliphatic heterocycles. The fourth-order valence-corrected chi connectivity index (χ4v) is 3.85. The van der Waals surface area contributed by atoms with Crippen molar-refractivity contribution < 1.29 is 4.79 Å². The largest absolute Gasteiger partial charge is 0.368 e. The number of piperazine rings is 1. The first-order valence-corrected chi connectivity index (χ1v) is 9.40. The van der Waals surface area contributed by atoms with Gasteiger partial charge in [-0.1, -0.05) is 30.3 Å². The van der Waals surface area contributed by atoms with Gasteiger partial charge < -0.3 is 9.80 Å². The van der Waals surface area contributed by atoms with Gasteiger partial charge in [0, 0.05) is 36.8 Å². The van der Waals surface area contributed by atoms with Crippen LogP contribution in [0, 0.1) is 13.8 Å². The predicted molar refractivity (Wildman–Crippen MR) is 102 cm³/mol. The van der Waals surface area contributed by atoms with Crippen LogP contribution in [0.5, 0.6) is 0 Å². The Morgan fingerprint density at radius 1 is 0.958 bits per heavy atom. The predicted octanol–water partition coefficient (Wildman–Crippen LogP) is 3.74. The highest BCUT2D eigenvalue weighted by atomic mass is 32.2. The van der Waals surface area contributed by atoms with Crippen LogP contribution in [-0.4, -0.2) is 42.7 Å². The van der Waals surface area contributed by atoms with Gasteiger partial charge >= 0.3 is 0 Å². The maximum atomic E-state index is 12.4. The molecule has 0 saturated carbocycles. The van der Waals surface area contributed by atoms with Crippen molar-refractivity contribution in [3.63, 3.8) is 0 Å². The number of amides is 1. The lowest BCUT2D eigenvalue weighted by molar-refractivity contribution is -0.128. The average Bonchev–Trinajstić information content (AvgIpc) is 2.63. The van der Waals surface area contributed by atoms with E-state index in [-0.39, 0.29) is 5.91 Å². The van der Waals surface area contributed by atoms with Gasteiger partial charge in [-0.15, -0.1) is 11.8 Å². The summed E-state index contributed by atoms with van der Waals surface area (Å²) in [6, 6.07) is 16.6. The minimum Gasteiger partial charge on any atom is -0.368 e. The number of thioether (sulfide) groups is 1. The van der Waals surface area contributed by atoms with Crippen molar-refractivity contribution in [3.05, 3.63) is 59.7 Å². The van der Waals surface area contributed by atoms with Crippen molar-refractivity contribution >= 4 is 23.4 Å². The first-order chi connectivity index (χ1) is 11.6. The van der Waals surface area contributed by atoms with E-state index in [1.165, 1.54) is 16.8 Å². The molecule has 0 spiro atoms. The third-order valence-electron chi connectivity index (χ3n) is 4.65. The molecule has 4 heteroatoms. The maximum absolute atomic E-state index is 12.4. The Labute approximate surface area is 148 Å². The van der Waals surface area contributed by atoms with Crippen LogP contribution in [-0.2, 0) is 4.79 Å². The van der Waals surface area contributed by atoms with E-state index in [0.717, 1.165) is 31.1 Å². The lowest BCUT2D eigenvalue weighted by Crippen LogP contribution is -2.49. The molecule has 126 valence electrons. The van der Waals surface area contributed by atoms with E-state index in [1.54, 1.807) is 11.8 Å². The summed E-state index contributed by atoms with van der Waals surface area (Å²) >= 11 is 1.62. The molecule has 1 saturated heterocycles. The highest BCUT2D eigenvalue weighted by Gasteiger charge is 2.22. The van der Waals surface area contributed by atoms with E-state index in [9.17, 15) is 4.79 Å². The summed E-state index contributed by atoms with van der Waals surface area (Å²) in [5, 5.41) is 0. The summed E-state index contributed by atoms with van der Waals surface area (Å²) in [5.74, 6) is 0.762. The first kappa shape index (κ1) is 16.9. The molecular formula is C20H24N2OS. The normalized spacial score (nSPS) is 14.8. The van der Waals surface area contributed by atoms with E-state index in [0.29, 0.717) is 5.75 Å². The molecule has 0 aliphatic carbocycles. The molecule has 3 rings (SSSR count). The van der Waals surface area contributed by atoms with E-state index in [4.69, 9.17) is 0 Å². The number of nitrogens with zero attached hydrogens (tertiary/aromatic N) is 2. The van der Waals surface area contributed by atoms with Crippen molar-refractivity contribution in [1.29, 1.82) is 0 Å². The first-order valence-electron chi connectivity index (χ1n) is 8.42. The average molecular weight is 340 g/mol. The van der Waals surface area contributed by atoms with Crippen LogP contribution in [0.15, 0.2) is 53.4 Å². The molecule has 1 fully saturated rings. The van der Waals surface area contributed by atoms with Gasteiger partial charge in [0.1, 0.15) is 0 Å². The highest BCUT2D eigenvalue weighted by Crippen LogP contribution is 2.24. The minimum atomic E-state index is 0.240. The topological polar surface area (TPSA) is 23.6 Å². The van der Waals surface area contributed by atoms with Crippen LogP contribution in [0.25, 0.3) is 0 Å². The number of aryl methyl sites for hydroxylation is 1. The van der Waals surface area contributed by atoms with Crippen LogP contribution in [0.4, 0.5) is 5.69 Å². The van der Waals surface area contributed by atoms with Gasteiger partial charge in [0.25, 0.3) is 0 Å². The third-order valence-corrected chi connectivity index (χ3v) is 5.65. The van der Waals surface area contributed by atoms with Gasteiger partial charge in [-0.25, -0.2) is 0 Å². The molecule has 1 aliphatic rings. The van der Waals surface area contributed by atoms with Crippen molar-refractivity contribution in [2.45, 2.75) is 18.7 Å². The lowest BCUT2D eigenvalue weighted by atomic mass is 10.1. The van der Waals surface area contributed by atoms with Crippen molar-refractivity contribution in [2.75, 3.05) is 36.8 Å². The number of hydrogen-bond acceptors (Lipinski definition) is 3. The molecule has 0 atom stereocenters. The van der Waals surface area contributed by atoms with E-state index >= 15 is 0 Å². The number of carbonyl (C=O) groups excluding carboxylic acids is 1. The Hall–Kier alpha value is -1.94. The zero-order valence-electron chi connectivity index (χ0n) is 14.4. The zero-order chi connectivity index (χ0) is 16.9.